The lowest BCUT2D eigenvalue weighted by Gasteiger charge is -2.19. The molecule has 0 aromatic heterocycles. The number of benzene rings is 2. The van der Waals surface area contributed by atoms with Gasteiger partial charge in [-0.25, -0.2) is 5.43 Å². The van der Waals surface area contributed by atoms with E-state index in [2.05, 4.69) is 87.4 Å². The maximum atomic E-state index is 12.4. The molecular formula is C22H24Br2N2O2. The van der Waals surface area contributed by atoms with Gasteiger partial charge in [0.25, 0.3) is 0 Å². The number of methoxy groups -OCH3 is 1. The lowest BCUT2D eigenvalue weighted by atomic mass is 9.86. The third kappa shape index (κ3) is 4.84. The summed E-state index contributed by atoms with van der Waals surface area (Å²) in [6.45, 7) is 6.61. The predicted molar refractivity (Wildman–Crippen MR) is 120 cm³/mol. The van der Waals surface area contributed by atoms with Crippen LogP contribution >= 0.6 is 31.9 Å². The Hall–Kier alpha value is -1.66. The minimum absolute atomic E-state index is 0.00743. The van der Waals surface area contributed by atoms with Crippen molar-refractivity contribution in [1.29, 1.82) is 0 Å². The van der Waals surface area contributed by atoms with Gasteiger partial charge < -0.3 is 4.74 Å². The van der Waals surface area contributed by atoms with Crippen molar-refractivity contribution in [1.82, 2.24) is 5.43 Å². The number of hydrogen-bond donors (Lipinski definition) is 1. The Bertz CT molecular complexity index is 879. The maximum Gasteiger partial charge on any atom is 0.243 e. The molecule has 0 aliphatic heterocycles. The zero-order valence-corrected chi connectivity index (χ0v) is 19.6. The van der Waals surface area contributed by atoms with Gasteiger partial charge in [-0.2, -0.15) is 5.10 Å². The van der Waals surface area contributed by atoms with E-state index in [1.165, 1.54) is 11.1 Å². The Morgan fingerprint density at radius 3 is 2.32 bits per heavy atom. The predicted octanol–water partition coefficient (Wildman–Crippen LogP) is 5.77. The maximum absolute atomic E-state index is 12.4. The summed E-state index contributed by atoms with van der Waals surface area (Å²) in [5.74, 6) is 0.966. The molecule has 148 valence electrons. The molecule has 28 heavy (non-hydrogen) atoms. The first kappa shape index (κ1) is 21.1. The summed E-state index contributed by atoms with van der Waals surface area (Å²) in [5.41, 5.74) is 6.18. The number of carbonyl (C=O) groups excluding carboxylic acids is 1. The van der Waals surface area contributed by atoms with E-state index in [0.29, 0.717) is 0 Å². The molecule has 0 spiro atoms. The standard InChI is InChI=1S/C22H24Br2N2O2/c1-22(2,3)15-7-5-14(6-8-15)16-11-17(16)21(27)26-25-12-13-9-18(23)20(28-4)19(24)10-13/h5-10,12,16-17H,11H2,1-4H3,(H,26,27)/b25-12+/t16-,17+/m0/s1. The van der Waals surface area contributed by atoms with Crippen LogP contribution in [0.4, 0.5) is 0 Å². The topological polar surface area (TPSA) is 50.7 Å². The molecule has 1 amide bonds. The minimum Gasteiger partial charge on any atom is -0.494 e. The second-order valence-corrected chi connectivity index (χ2v) is 9.78. The van der Waals surface area contributed by atoms with Gasteiger partial charge in [-0.3, -0.25) is 4.79 Å². The largest absolute Gasteiger partial charge is 0.494 e. The number of hydrogen-bond acceptors (Lipinski definition) is 3. The molecule has 0 saturated heterocycles. The van der Waals surface area contributed by atoms with E-state index in [4.69, 9.17) is 4.74 Å². The second kappa shape index (κ2) is 8.37. The van der Waals surface area contributed by atoms with Crippen molar-refractivity contribution in [2.24, 2.45) is 11.0 Å². The molecule has 0 bridgehead atoms. The van der Waals surface area contributed by atoms with Gasteiger partial charge in [-0.15, -0.1) is 0 Å². The van der Waals surface area contributed by atoms with Crippen LogP contribution in [0, 0.1) is 5.92 Å². The fraction of sp³-hybridized carbons (Fsp3) is 0.364. The molecule has 1 fully saturated rings. The highest BCUT2D eigenvalue weighted by molar-refractivity contribution is 9.11. The van der Waals surface area contributed by atoms with Gasteiger partial charge in [0.15, 0.2) is 0 Å². The highest BCUT2D eigenvalue weighted by Gasteiger charge is 2.44. The van der Waals surface area contributed by atoms with Crippen LogP contribution in [0.2, 0.25) is 0 Å². The molecule has 2 atom stereocenters. The number of hydrazone groups is 1. The van der Waals surface area contributed by atoms with E-state index in [0.717, 1.165) is 26.7 Å². The van der Waals surface area contributed by atoms with Crippen molar-refractivity contribution in [3.8, 4) is 5.75 Å². The molecule has 1 aliphatic rings. The quantitative estimate of drug-likeness (QED) is 0.412. The van der Waals surface area contributed by atoms with E-state index in [-0.39, 0.29) is 23.2 Å². The monoisotopic (exact) mass is 506 g/mol. The molecule has 0 heterocycles. The Morgan fingerprint density at radius 2 is 1.79 bits per heavy atom. The number of carbonyl (C=O) groups is 1. The Labute approximate surface area is 183 Å². The first-order valence-corrected chi connectivity index (χ1v) is 10.8. The Balaban J connectivity index is 1.57. The third-order valence-corrected chi connectivity index (χ3v) is 6.12. The summed E-state index contributed by atoms with van der Waals surface area (Å²) < 4.78 is 6.92. The average molecular weight is 508 g/mol. The highest BCUT2D eigenvalue weighted by Crippen LogP contribution is 2.47. The lowest BCUT2D eigenvalue weighted by molar-refractivity contribution is -0.122. The second-order valence-electron chi connectivity index (χ2n) is 8.07. The fourth-order valence-corrected chi connectivity index (χ4v) is 4.73. The molecule has 2 aromatic carbocycles. The summed E-state index contributed by atoms with van der Waals surface area (Å²) in [5, 5.41) is 4.11. The number of nitrogens with one attached hydrogen (secondary N) is 1. The van der Waals surface area contributed by atoms with Gasteiger partial charge in [0.2, 0.25) is 5.91 Å². The zero-order chi connectivity index (χ0) is 20.5. The van der Waals surface area contributed by atoms with Crippen molar-refractivity contribution in [3.05, 3.63) is 62.0 Å². The molecular weight excluding hydrogens is 484 g/mol. The summed E-state index contributed by atoms with van der Waals surface area (Å²) in [7, 11) is 1.61. The fourth-order valence-electron chi connectivity index (χ4n) is 3.19. The summed E-state index contributed by atoms with van der Waals surface area (Å²) in [4.78, 5) is 12.4. The van der Waals surface area contributed by atoms with Crippen molar-refractivity contribution in [3.63, 3.8) is 0 Å². The zero-order valence-electron chi connectivity index (χ0n) is 16.4. The van der Waals surface area contributed by atoms with E-state index in [9.17, 15) is 4.79 Å². The summed E-state index contributed by atoms with van der Waals surface area (Å²) in [6, 6.07) is 12.4. The Kier molecular flexibility index (Phi) is 6.30. The van der Waals surface area contributed by atoms with Gasteiger partial charge in [0.05, 0.1) is 22.3 Å². The smallest absolute Gasteiger partial charge is 0.243 e. The van der Waals surface area contributed by atoms with Crippen LogP contribution in [-0.4, -0.2) is 19.2 Å². The molecule has 4 nitrogen and oxygen atoms in total. The van der Waals surface area contributed by atoms with Crippen LogP contribution in [-0.2, 0) is 10.2 Å². The molecule has 3 rings (SSSR count). The van der Waals surface area contributed by atoms with E-state index >= 15 is 0 Å². The van der Waals surface area contributed by atoms with Gasteiger partial charge in [-0.05, 0) is 78.4 Å². The van der Waals surface area contributed by atoms with Crippen LogP contribution in [0.3, 0.4) is 0 Å². The lowest BCUT2D eigenvalue weighted by Crippen LogP contribution is -2.20. The van der Waals surface area contributed by atoms with E-state index < -0.39 is 0 Å². The minimum atomic E-state index is -0.0345. The average Bonchev–Trinajstić information content (AvgIpc) is 3.42. The molecule has 6 heteroatoms. The van der Waals surface area contributed by atoms with Crippen molar-refractivity contribution >= 4 is 44.0 Å². The molecule has 1 saturated carbocycles. The van der Waals surface area contributed by atoms with Crippen LogP contribution in [0.25, 0.3) is 0 Å². The third-order valence-electron chi connectivity index (χ3n) is 4.95. The van der Waals surface area contributed by atoms with Crippen LogP contribution < -0.4 is 10.2 Å². The van der Waals surface area contributed by atoms with Gasteiger partial charge >= 0.3 is 0 Å². The molecule has 0 radical (unpaired) electrons. The van der Waals surface area contributed by atoms with E-state index in [1.54, 1.807) is 13.3 Å². The van der Waals surface area contributed by atoms with Crippen molar-refractivity contribution < 1.29 is 9.53 Å². The highest BCUT2D eigenvalue weighted by atomic mass is 79.9. The van der Waals surface area contributed by atoms with Gasteiger partial charge in [-0.1, -0.05) is 45.0 Å². The number of amides is 1. The number of rotatable bonds is 5. The first-order valence-electron chi connectivity index (χ1n) is 9.17. The van der Waals surface area contributed by atoms with Crippen molar-refractivity contribution in [2.45, 2.75) is 38.5 Å². The number of halogens is 2. The SMILES string of the molecule is COc1c(Br)cc(/C=N/NC(=O)[C@@H]2C[C@H]2c2ccc(C(C)(C)C)cc2)cc1Br. The molecule has 1 N–H and O–H groups in total. The normalized spacial score (nSPS) is 18.9. The molecule has 0 unspecified atom stereocenters. The Morgan fingerprint density at radius 1 is 1.18 bits per heavy atom. The van der Waals surface area contributed by atoms with E-state index in [1.807, 2.05) is 12.1 Å². The molecule has 1 aliphatic carbocycles. The first-order chi connectivity index (χ1) is 13.2. The van der Waals surface area contributed by atoms with Crippen LogP contribution in [0.15, 0.2) is 50.4 Å². The van der Waals surface area contributed by atoms with Gasteiger partial charge in [0, 0.05) is 5.92 Å². The number of nitrogens with zero attached hydrogens (tertiary/aromatic N) is 1. The summed E-state index contributed by atoms with van der Waals surface area (Å²) >= 11 is 6.92. The van der Waals surface area contributed by atoms with Crippen LogP contribution in [0.1, 0.15) is 49.8 Å². The molecule has 2 aromatic rings. The van der Waals surface area contributed by atoms with Crippen molar-refractivity contribution in [2.75, 3.05) is 7.11 Å². The summed E-state index contributed by atoms with van der Waals surface area (Å²) in [6.07, 6.45) is 2.50. The van der Waals surface area contributed by atoms with Crippen LogP contribution in [0.5, 0.6) is 5.75 Å². The van der Waals surface area contributed by atoms with Gasteiger partial charge in [0.1, 0.15) is 5.75 Å². The number of ether oxygens (including phenoxy) is 1.